The van der Waals surface area contributed by atoms with E-state index in [9.17, 15) is 4.79 Å². The van der Waals surface area contributed by atoms with Crippen LogP contribution in [0.15, 0.2) is 35.1 Å². The van der Waals surface area contributed by atoms with Gasteiger partial charge in [0.2, 0.25) is 0 Å². The van der Waals surface area contributed by atoms with Crippen molar-refractivity contribution < 1.29 is 9.32 Å². The van der Waals surface area contributed by atoms with E-state index in [4.69, 9.17) is 4.52 Å². The maximum Gasteiger partial charge on any atom is 0.275 e. The minimum atomic E-state index is -0.0429. The molecule has 1 aromatic carbocycles. The van der Waals surface area contributed by atoms with Crippen LogP contribution < -0.4 is 0 Å². The zero-order chi connectivity index (χ0) is 14.4. The van der Waals surface area contributed by atoms with E-state index in [0.717, 1.165) is 28.6 Å². The molecule has 3 heterocycles. The van der Waals surface area contributed by atoms with Gasteiger partial charge in [0.1, 0.15) is 6.26 Å². The maximum atomic E-state index is 12.8. The minimum Gasteiger partial charge on any atom is -0.364 e. The van der Waals surface area contributed by atoms with Crippen LogP contribution in [0.25, 0.3) is 10.9 Å². The van der Waals surface area contributed by atoms with Gasteiger partial charge in [0.05, 0.1) is 17.8 Å². The fraction of sp³-hybridized carbons (Fsp3) is 0.267. The molecule has 0 aliphatic carbocycles. The van der Waals surface area contributed by atoms with E-state index in [2.05, 4.69) is 10.3 Å². The molecule has 4 rings (SSSR count). The first-order chi connectivity index (χ1) is 10.2. The highest BCUT2D eigenvalue weighted by Crippen LogP contribution is 2.23. The van der Waals surface area contributed by atoms with E-state index < -0.39 is 0 Å². The Bertz CT molecular complexity index is 833. The third-order valence-electron chi connectivity index (χ3n) is 3.96. The molecule has 0 radical (unpaired) electrons. The molecule has 2 aromatic heterocycles. The van der Waals surface area contributed by atoms with Crippen LogP contribution in [0.3, 0.4) is 0 Å². The van der Waals surface area contributed by atoms with Crippen molar-refractivity contribution in [3.05, 3.63) is 47.5 Å². The van der Waals surface area contributed by atoms with E-state index >= 15 is 0 Å². The van der Waals surface area contributed by atoms with Crippen molar-refractivity contribution in [3.63, 3.8) is 0 Å². The van der Waals surface area contributed by atoms with E-state index in [0.29, 0.717) is 18.8 Å². The second-order valence-electron chi connectivity index (χ2n) is 5.25. The first-order valence-electron chi connectivity index (χ1n) is 6.87. The molecule has 0 atom stereocenters. The van der Waals surface area contributed by atoms with Crippen LogP contribution in [0, 0.1) is 0 Å². The number of hydrogen-bond acceptors (Lipinski definition) is 4. The Hall–Kier alpha value is -2.63. The van der Waals surface area contributed by atoms with Crippen LogP contribution in [-0.4, -0.2) is 32.3 Å². The fourth-order valence-corrected chi connectivity index (χ4v) is 2.84. The SMILES string of the molecule is Cn1nc(C(=O)N2CCc3nocc3C2)c2ccccc21. The number of amides is 1. The summed E-state index contributed by atoms with van der Waals surface area (Å²) in [6, 6.07) is 7.77. The summed E-state index contributed by atoms with van der Waals surface area (Å²) >= 11 is 0. The second kappa shape index (κ2) is 4.44. The number of rotatable bonds is 1. The van der Waals surface area contributed by atoms with Crippen LogP contribution in [-0.2, 0) is 20.0 Å². The van der Waals surface area contributed by atoms with Crippen molar-refractivity contribution in [2.24, 2.45) is 7.05 Å². The number of para-hydroxylation sites is 1. The summed E-state index contributed by atoms with van der Waals surface area (Å²) in [7, 11) is 1.85. The molecule has 3 aromatic rings. The van der Waals surface area contributed by atoms with Gasteiger partial charge in [-0.15, -0.1) is 0 Å². The maximum absolute atomic E-state index is 12.8. The first-order valence-corrected chi connectivity index (χ1v) is 6.87. The van der Waals surface area contributed by atoms with Crippen molar-refractivity contribution in [2.45, 2.75) is 13.0 Å². The van der Waals surface area contributed by atoms with Crippen molar-refractivity contribution in [2.75, 3.05) is 6.54 Å². The standard InChI is InChI=1S/C15H14N4O2/c1-18-13-5-3-2-4-11(13)14(16-18)15(20)19-7-6-12-10(8-19)9-21-17-12/h2-5,9H,6-8H2,1H3. The smallest absolute Gasteiger partial charge is 0.275 e. The zero-order valence-electron chi connectivity index (χ0n) is 11.6. The van der Waals surface area contributed by atoms with Crippen molar-refractivity contribution >= 4 is 16.8 Å². The monoisotopic (exact) mass is 282 g/mol. The molecule has 0 spiro atoms. The molecular formula is C15H14N4O2. The van der Waals surface area contributed by atoms with Crippen LogP contribution in [0.5, 0.6) is 0 Å². The summed E-state index contributed by atoms with van der Waals surface area (Å²) in [5.74, 6) is -0.0429. The van der Waals surface area contributed by atoms with E-state index in [1.54, 1.807) is 15.8 Å². The zero-order valence-corrected chi connectivity index (χ0v) is 11.6. The van der Waals surface area contributed by atoms with Crippen molar-refractivity contribution in [1.82, 2.24) is 19.8 Å². The highest BCUT2D eigenvalue weighted by molar-refractivity contribution is 6.04. The van der Waals surface area contributed by atoms with Crippen molar-refractivity contribution in [3.8, 4) is 0 Å². The number of benzene rings is 1. The number of nitrogens with zero attached hydrogens (tertiary/aromatic N) is 4. The lowest BCUT2D eigenvalue weighted by Crippen LogP contribution is -2.36. The van der Waals surface area contributed by atoms with Gasteiger partial charge in [-0.05, 0) is 6.07 Å². The molecule has 1 aliphatic rings. The molecule has 1 amide bonds. The van der Waals surface area contributed by atoms with Crippen molar-refractivity contribution in [1.29, 1.82) is 0 Å². The van der Waals surface area contributed by atoms with Gasteiger partial charge in [-0.2, -0.15) is 5.10 Å². The summed E-state index contributed by atoms with van der Waals surface area (Å²) in [6.45, 7) is 1.17. The number of fused-ring (bicyclic) bond motifs is 2. The molecule has 6 heteroatoms. The molecule has 6 nitrogen and oxygen atoms in total. The van der Waals surface area contributed by atoms with E-state index in [1.807, 2.05) is 31.3 Å². The minimum absolute atomic E-state index is 0.0429. The molecule has 0 bridgehead atoms. The fourth-order valence-electron chi connectivity index (χ4n) is 2.84. The molecule has 21 heavy (non-hydrogen) atoms. The number of aromatic nitrogens is 3. The average molecular weight is 282 g/mol. The lowest BCUT2D eigenvalue weighted by Gasteiger charge is -2.25. The number of carbonyl (C=O) groups excluding carboxylic acids is 1. The molecule has 106 valence electrons. The van der Waals surface area contributed by atoms with Crippen LogP contribution >= 0.6 is 0 Å². The number of aryl methyl sites for hydroxylation is 1. The number of carbonyl (C=O) groups is 1. The highest BCUT2D eigenvalue weighted by atomic mass is 16.5. The van der Waals surface area contributed by atoms with Crippen LogP contribution in [0.1, 0.15) is 21.7 Å². The summed E-state index contributed by atoms with van der Waals surface area (Å²) < 4.78 is 6.72. The van der Waals surface area contributed by atoms with Gasteiger partial charge >= 0.3 is 0 Å². The summed E-state index contributed by atoms with van der Waals surface area (Å²) in [5.41, 5.74) is 3.40. The third-order valence-corrected chi connectivity index (χ3v) is 3.96. The van der Waals surface area contributed by atoms with Crippen LogP contribution in [0.2, 0.25) is 0 Å². The Labute approximate surface area is 120 Å². The Balaban J connectivity index is 1.71. The average Bonchev–Trinajstić information content (AvgIpc) is 3.11. The predicted molar refractivity (Wildman–Crippen MR) is 75.7 cm³/mol. The van der Waals surface area contributed by atoms with Gasteiger partial charge in [0.15, 0.2) is 5.69 Å². The van der Waals surface area contributed by atoms with Crippen LogP contribution in [0.4, 0.5) is 0 Å². The normalized spacial score (nSPS) is 14.4. The summed E-state index contributed by atoms with van der Waals surface area (Å²) in [4.78, 5) is 14.6. The Morgan fingerprint density at radius 1 is 1.33 bits per heavy atom. The summed E-state index contributed by atoms with van der Waals surface area (Å²) in [6.07, 6.45) is 2.34. The van der Waals surface area contributed by atoms with E-state index in [-0.39, 0.29) is 5.91 Å². The quantitative estimate of drug-likeness (QED) is 0.682. The molecule has 0 unspecified atom stereocenters. The molecular weight excluding hydrogens is 268 g/mol. The van der Waals surface area contributed by atoms with E-state index in [1.165, 1.54) is 0 Å². The van der Waals surface area contributed by atoms with Gasteiger partial charge in [-0.25, -0.2) is 0 Å². The van der Waals surface area contributed by atoms with Gasteiger partial charge < -0.3 is 9.42 Å². The lowest BCUT2D eigenvalue weighted by atomic mass is 10.1. The first kappa shape index (κ1) is 12.1. The number of hydrogen-bond donors (Lipinski definition) is 0. The van der Waals surface area contributed by atoms with Gasteiger partial charge in [-0.1, -0.05) is 23.4 Å². The Kier molecular flexibility index (Phi) is 2.57. The predicted octanol–water partition coefficient (Wildman–Crippen LogP) is 1.76. The van der Waals surface area contributed by atoms with Gasteiger partial charge in [-0.3, -0.25) is 9.48 Å². The molecule has 0 N–H and O–H groups in total. The molecule has 0 fully saturated rings. The molecule has 0 saturated heterocycles. The lowest BCUT2D eigenvalue weighted by molar-refractivity contribution is 0.0729. The second-order valence-corrected chi connectivity index (χ2v) is 5.25. The molecule has 0 saturated carbocycles. The Morgan fingerprint density at radius 2 is 2.19 bits per heavy atom. The largest absolute Gasteiger partial charge is 0.364 e. The Morgan fingerprint density at radius 3 is 3.10 bits per heavy atom. The topological polar surface area (TPSA) is 64.2 Å². The molecule has 1 aliphatic heterocycles. The van der Waals surface area contributed by atoms with Gasteiger partial charge in [0, 0.05) is 31.0 Å². The summed E-state index contributed by atoms with van der Waals surface area (Å²) in [5, 5.41) is 9.23. The van der Waals surface area contributed by atoms with Gasteiger partial charge in [0.25, 0.3) is 5.91 Å². The third kappa shape index (κ3) is 1.83. The highest BCUT2D eigenvalue weighted by Gasteiger charge is 2.27.